The largest absolute Gasteiger partial charge is 0.376 e. The van der Waals surface area contributed by atoms with Gasteiger partial charge in [-0.2, -0.15) is 0 Å². The fourth-order valence-corrected chi connectivity index (χ4v) is 3.14. The molecule has 0 radical (unpaired) electrons. The van der Waals surface area contributed by atoms with Crippen molar-refractivity contribution in [1.82, 2.24) is 5.32 Å². The van der Waals surface area contributed by atoms with E-state index in [-0.39, 0.29) is 5.60 Å². The Morgan fingerprint density at radius 1 is 1.10 bits per heavy atom. The molecule has 0 heterocycles. The lowest BCUT2D eigenvalue weighted by Gasteiger charge is -2.40. The zero-order chi connectivity index (χ0) is 14.4. The highest BCUT2D eigenvalue weighted by atomic mass is 16.5. The molecule has 2 rings (SSSR count). The second-order valence-corrected chi connectivity index (χ2v) is 6.96. The molecule has 118 valence electrons. The Morgan fingerprint density at radius 3 is 2.35 bits per heavy atom. The molecular formula is C17H33NO2. The second-order valence-electron chi connectivity index (χ2n) is 6.96. The molecule has 0 aliphatic heterocycles. The molecule has 0 unspecified atom stereocenters. The van der Waals surface area contributed by atoms with E-state index in [0.717, 1.165) is 31.7 Å². The minimum Gasteiger partial charge on any atom is -0.376 e. The van der Waals surface area contributed by atoms with Crippen LogP contribution in [0.15, 0.2) is 0 Å². The first kappa shape index (κ1) is 16.3. The van der Waals surface area contributed by atoms with Crippen molar-refractivity contribution in [1.29, 1.82) is 0 Å². The predicted molar refractivity (Wildman–Crippen MR) is 83.0 cm³/mol. The monoisotopic (exact) mass is 283 g/mol. The Balaban J connectivity index is 1.76. The van der Waals surface area contributed by atoms with Crippen molar-refractivity contribution in [2.24, 2.45) is 5.92 Å². The third-order valence-corrected chi connectivity index (χ3v) is 4.83. The lowest BCUT2D eigenvalue weighted by Crippen LogP contribution is -2.47. The molecule has 2 aliphatic carbocycles. The molecule has 3 heteroatoms. The molecular weight excluding hydrogens is 250 g/mol. The van der Waals surface area contributed by atoms with Crippen LogP contribution in [0.3, 0.4) is 0 Å². The van der Waals surface area contributed by atoms with Crippen LogP contribution in [0.1, 0.15) is 65.7 Å². The first-order chi connectivity index (χ1) is 9.63. The molecule has 0 aromatic heterocycles. The van der Waals surface area contributed by atoms with Crippen molar-refractivity contribution in [3.8, 4) is 0 Å². The number of rotatable bonds is 9. The average molecular weight is 283 g/mol. The molecule has 3 nitrogen and oxygen atoms in total. The van der Waals surface area contributed by atoms with Gasteiger partial charge in [0.15, 0.2) is 0 Å². The quantitative estimate of drug-likeness (QED) is 0.657. The van der Waals surface area contributed by atoms with E-state index >= 15 is 0 Å². The Labute approximate surface area is 124 Å². The molecule has 0 aromatic carbocycles. The van der Waals surface area contributed by atoms with Gasteiger partial charge in [0.2, 0.25) is 0 Å². The van der Waals surface area contributed by atoms with E-state index in [1.165, 1.54) is 44.9 Å². The van der Waals surface area contributed by atoms with Crippen molar-refractivity contribution >= 4 is 0 Å². The predicted octanol–water partition coefficient (Wildman–Crippen LogP) is 3.52. The summed E-state index contributed by atoms with van der Waals surface area (Å²) in [5.41, 5.74) is 0.0780. The van der Waals surface area contributed by atoms with E-state index in [4.69, 9.17) is 9.47 Å². The summed E-state index contributed by atoms with van der Waals surface area (Å²) in [6.45, 7) is 8.97. The van der Waals surface area contributed by atoms with Crippen LogP contribution >= 0.6 is 0 Å². The van der Waals surface area contributed by atoms with Crippen LogP contribution < -0.4 is 5.32 Å². The van der Waals surface area contributed by atoms with Crippen LogP contribution in [0.2, 0.25) is 0 Å². The van der Waals surface area contributed by atoms with E-state index in [0.29, 0.717) is 6.10 Å². The molecule has 20 heavy (non-hydrogen) atoms. The van der Waals surface area contributed by atoms with Crippen LogP contribution in [-0.4, -0.2) is 37.5 Å². The van der Waals surface area contributed by atoms with Crippen LogP contribution in [0.25, 0.3) is 0 Å². The summed E-state index contributed by atoms with van der Waals surface area (Å²) < 4.78 is 11.9. The van der Waals surface area contributed by atoms with Crippen molar-refractivity contribution in [3.63, 3.8) is 0 Å². The Hall–Kier alpha value is -0.120. The highest BCUT2D eigenvalue weighted by Gasteiger charge is 2.37. The zero-order valence-electron chi connectivity index (χ0n) is 13.6. The zero-order valence-corrected chi connectivity index (χ0v) is 13.6. The number of hydrogen-bond donors (Lipinski definition) is 1. The van der Waals surface area contributed by atoms with E-state index in [1.807, 2.05) is 0 Å². The molecule has 0 spiro atoms. The molecule has 0 saturated heterocycles. The fraction of sp³-hybridized carbons (Fsp3) is 1.00. The smallest absolute Gasteiger partial charge is 0.0807 e. The third-order valence-electron chi connectivity index (χ3n) is 4.83. The summed E-state index contributed by atoms with van der Waals surface area (Å²) in [7, 11) is 0. The summed E-state index contributed by atoms with van der Waals surface area (Å²) in [6.07, 6.45) is 9.41. The van der Waals surface area contributed by atoms with Crippen LogP contribution in [0.5, 0.6) is 0 Å². The second kappa shape index (κ2) is 7.77. The van der Waals surface area contributed by atoms with Gasteiger partial charge >= 0.3 is 0 Å². The minimum atomic E-state index is 0.0780. The molecule has 2 aliphatic rings. The molecule has 2 saturated carbocycles. The van der Waals surface area contributed by atoms with Crippen molar-refractivity contribution < 1.29 is 9.47 Å². The van der Waals surface area contributed by atoms with Gasteiger partial charge in [-0.1, -0.05) is 13.3 Å². The summed E-state index contributed by atoms with van der Waals surface area (Å²) in [5, 5.41) is 3.68. The number of hydrogen-bond acceptors (Lipinski definition) is 3. The highest BCUT2D eigenvalue weighted by Crippen LogP contribution is 2.36. The van der Waals surface area contributed by atoms with Gasteiger partial charge in [0.05, 0.1) is 24.9 Å². The van der Waals surface area contributed by atoms with Gasteiger partial charge in [-0.3, -0.25) is 0 Å². The van der Waals surface area contributed by atoms with Gasteiger partial charge in [-0.05, 0) is 58.3 Å². The minimum absolute atomic E-state index is 0.0780. The van der Waals surface area contributed by atoms with Crippen LogP contribution in [0.4, 0.5) is 0 Å². The molecule has 0 bridgehead atoms. The van der Waals surface area contributed by atoms with Crippen molar-refractivity contribution in [2.75, 3.05) is 19.8 Å². The van der Waals surface area contributed by atoms with Crippen LogP contribution in [0, 0.1) is 5.92 Å². The molecule has 0 aromatic rings. The van der Waals surface area contributed by atoms with Gasteiger partial charge in [0.25, 0.3) is 0 Å². The molecule has 1 N–H and O–H groups in total. The van der Waals surface area contributed by atoms with Gasteiger partial charge in [0, 0.05) is 12.6 Å². The maximum absolute atomic E-state index is 6.30. The van der Waals surface area contributed by atoms with E-state index in [1.54, 1.807) is 0 Å². The fourth-order valence-electron chi connectivity index (χ4n) is 3.14. The van der Waals surface area contributed by atoms with Gasteiger partial charge in [0.1, 0.15) is 0 Å². The standard InChI is InChI=1S/C17H33NO2/c1-4-15-7-9-17(10-8-15,13-18-16-5-6-16)20-12-11-19-14(2)3/h14-16,18H,4-13H2,1-3H3. The third kappa shape index (κ3) is 5.34. The SMILES string of the molecule is CCC1CCC(CNC2CC2)(OCCOC(C)C)CC1. The first-order valence-electron chi connectivity index (χ1n) is 8.62. The Kier molecular flexibility index (Phi) is 6.31. The van der Waals surface area contributed by atoms with Crippen molar-refractivity contribution in [3.05, 3.63) is 0 Å². The van der Waals surface area contributed by atoms with Crippen molar-refractivity contribution in [2.45, 2.75) is 83.5 Å². The van der Waals surface area contributed by atoms with E-state index in [2.05, 4.69) is 26.1 Å². The Morgan fingerprint density at radius 2 is 1.80 bits per heavy atom. The van der Waals surface area contributed by atoms with Gasteiger partial charge in [-0.25, -0.2) is 0 Å². The summed E-state index contributed by atoms with van der Waals surface area (Å²) in [4.78, 5) is 0. The Bertz CT molecular complexity index is 268. The molecule has 0 atom stereocenters. The lowest BCUT2D eigenvalue weighted by atomic mass is 9.77. The topological polar surface area (TPSA) is 30.5 Å². The van der Waals surface area contributed by atoms with E-state index < -0.39 is 0 Å². The van der Waals surface area contributed by atoms with Gasteiger partial charge < -0.3 is 14.8 Å². The van der Waals surface area contributed by atoms with Gasteiger partial charge in [-0.15, -0.1) is 0 Å². The number of ether oxygens (including phenoxy) is 2. The maximum Gasteiger partial charge on any atom is 0.0807 e. The summed E-state index contributed by atoms with van der Waals surface area (Å²) in [5.74, 6) is 0.916. The summed E-state index contributed by atoms with van der Waals surface area (Å²) in [6, 6.07) is 0.770. The lowest BCUT2D eigenvalue weighted by molar-refractivity contribution is -0.0977. The summed E-state index contributed by atoms with van der Waals surface area (Å²) >= 11 is 0. The van der Waals surface area contributed by atoms with Crippen LogP contribution in [-0.2, 0) is 9.47 Å². The maximum atomic E-state index is 6.30. The average Bonchev–Trinajstić information content (AvgIpc) is 3.26. The highest BCUT2D eigenvalue weighted by molar-refractivity contribution is 4.92. The first-order valence-corrected chi connectivity index (χ1v) is 8.62. The normalized spacial score (nSPS) is 30.9. The van der Waals surface area contributed by atoms with E-state index in [9.17, 15) is 0 Å². The number of nitrogens with one attached hydrogen (secondary N) is 1. The molecule has 0 amide bonds. The molecule has 2 fully saturated rings.